The summed E-state index contributed by atoms with van der Waals surface area (Å²) < 4.78 is 0. The predicted molar refractivity (Wildman–Crippen MR) is 101 cm³/mol. The van der Waals surface area contributed by atoms with Gasteiger partial charge < -0.3 is 0 Å². The lowest BCUT2D eigenvalue weighted by Crippen LogP contribution is -2.20. The molecule has 0 fully saturated rings. The maximum absolute atomic E-state index is 5.90. The van der Waals surface area contributed by atoms with Crippen molar-refractivity contribution in [1.29, 1.82) is 0 Å². The van der Waals surface area contributed by atoms with Crippen LogP contribution in [0.5, 0.6) is 0 Å². The quantitative estimate of drug-likeness (QED) is 0.481. The largest absolute Gasteiger partial charge is 0.0788 e. The van der Waals surface area contributed by atoms with Crippen LogP contribution in [-0.2, 0) is 10.8 Å². The molecule has 0 aliphatic rings. The van der Waals surface area contributed by atoms with Crippen molar-refractivity contribution in [2.24, 2.45) is 0 Å². The van der Waals surface area contributed by atoms with Crippen LogP contribution in [-0.4, -0.2) is 4.86 Å². The minimum absolute atomic E-state index is 0.0807. The topological polar surface area (TPSA) is 0 Å². The maximum atomic E-state index is 5.90. The van der Waals surface area contributed by atoms with Crippen LogP contribution >= 0.6 is 12.2 Å². The Morgan fingerprint density at radius 2 is 0.955 bits per heavy atom. The molecule has 0 bridgehead atoms. The zero-order chi connectivity index (χ0) is 16.5. The van der Waals surface area contributed by atoms with Crippen molar-refractivity contribution in [3.63, 3.8) is 0 Å². The summed E-state index contributed by atoms with van der Waals surface area (Å²) in [7, 11) is 0. The molecule has 0 aliphatic carbocycles. The van der Waals surface area contributed by atoms with Gasteiger partial charge in [-0.3, -0.25) is 0 Å². The summed E-state index contributed by atoms with van der Waals surface area (Å²) in [6.07, 6.45) is 0. The summed E-state index contributed by atoms with van der Waals surface area (Å²) >= 11 is 5.90. The second kappa shape index (κ2) is 5.96. The van der Waals surface area contributed by atoms with Gasteiger partial charge in [0.25, 0.3) is 0 Å². The Morgan fingerprint density at radius 3 is 1.27 bits per heavy atom. The fraction of sp³-hybridized carbons (Fsp3) is 0.381. The first-order valence-corrected chi connectivity index (χ1v) is 8.27. The molecule has 0 aromatic heterocycles. The first kappa shape index (κ1) is 16.9. The first-order valence-electron chi connectivity index (χ1n) is 7.86. The van der Waals surface area contributed by atoms with Crippen molar-refractivity contribution in [3.05, 3.63) is 70.8 Å². The highest BCUT2D eigenvalue weighted by atomic mass is 32.1. The van der Waals surface area contributed by atoms with Crippen LogP contribution in [0.4, 0.5) is 0 Å². The van der Waals surface area contributed by atoms with Gasteiger partial charge in [0.05, 0.1) is 4.86 Å². The molecule has 2 aromatic rings. The number of rotatable bonds is 2. The SMILES string of the molecule is CC(C)(C)c1ccccc1C(=S)c1ccccc1C(C)(C)C. The van der Waals surface area contributed by atoms with Crippen LogP contribution in [0.15, 0.2) is 48.5 Å². The molecule has 0 aliphatic heterocycles. The molecule has 0 atom stereocenters. The van der Waals surface area contributed by atoms with Crippen LogP contribution in [0.1, 0.15) is 63.8 Å². The van der Waals surface area contributed by atoms with Gasteiger partial charge in [0.15, 0.2) is 0 Å². The Balaban J connectivity index is 2.61. The van der Waals surface area contributed by atoms with E-state index in [4.69, 9.17) is 12.2 Å². The zero-order valence-electron chi connectivity index (χ0n) is 14.5. The minimum atomic E-state index is 0.0807. The molecule has 0 radical (unpaired) electrons. The second-order valence-corrected chi connectivity index (χ2v) is 8.33. The van der Waals surface area contributed by atoms with E-state index >= 15 is 0 Å². The minimum Gasteiger partial charge on any atom is -0.0788 e. The molecule has 22 heavy (non-hydrogen) atoms. The molecular formula is C21H26S. The molecule has 2 rings (SSSR count). The van der Waals surface area contributed by atoms with E-state index in [9.17, 15) is 0 Å². The number of hydrogen-bond donors (Lipinski definition) is 0. The van der Waals surface area contributed by atoms with Crippen molar-refractivity contribution >= 4 is 17.1 Å². The summed E-state index contributed by atoms with van der Waals surface area (Å²) in [5.74, 6) is 0. The average molecular weight is 311 g/mol. The molecule has 0 saturated carbocycles. The maximum Gasteiger partial charge on any atom is 0.0527 e. The van der Waals surface area contributed by atoms with Crippen LogP contribution in [0, 0.1) is 0 Å². The van der Waals surface area contributed by atoms with Gasteiger partial charge in [-0.1, -0.05) is 102 Å². The summed E-state index contributed by atoms with van der Waals surface area (Å²) in [6, 6.07) is 17.1. The monoisotopic (exact) mass is 310 g/mol. The zero-order valence-corrected chi connectivity index (χ0v) is 15.3. The van der Waals surface area contributed by atoms with E-state index < -0.39 is 0 Å². The third kappa shape index (κ3) is 3.47. The normalized spacial score (nSPS) is 12.3. The van der Waals surface area contributed by atoms with Gasteiger partial charge in [-0.15, -0.1) is 0 Å². The molecule has 0 spiro atoms. The average Bonchev–Trinajstić information content (AvgIpc) is 2.45. The van der Waals surface area contributed by atoms with E-state index in [1.165, 1.54) is 22.3 Å². The molecule has 1 heteroatoms. The number of hydrogen-bond acceptors (Lipinski definition) is 1. The molecule has 0 N–H and O–H groups in total. The van der Waals surface area contributed by atoms with Crippen molar-refractivity contribution in [1.82, 2.24) is 0 Å². The number of thiocarbonyl (C=S) groups is 1. The Bertz CT molecular complexity index is 622. The van der Waals surface area contributed by atoms with Gasteiger partial charge >= 0.3 is 0 Å². The Labute approximate surface area is 140 Å². The Morgan fingerprint density at radius 1 is 0.636 bits per heavy atom. The van der Waals surface area contributed by atoms with Crippen molar-refractivity contribution < 1.29 is 0 Å². The van der Waals surface area contributed by atoms with Gasteiger partial charge in [-0.05, 0) is 33.1 Å². The van der Waals surface area contributed by atoms with E-state index in [2.05, 4.69) is 90.1 Å². The summed E-state index contributed by atoms with van der Waals surface area (Å²) in [6.45, 7) is 13.4. The van der Waals surface area contributed by atoms with E-state index in [1.54, 1.807) is 0 Å². The van der Waals surface area contributed by atoms with Gasteiger partial charge in [-0.2, -0.15) is 0 Å². The van der Waals surface area contributed by atoms with Crippen LogP contribution in [0.3, 0.4) is 0 Å². The Kier molecular flexibility index (Phi) is 4.58. The number of benzene rings is 2. The second-order valence-electron chi connectivity index (χ2n) is 7.92. The van der Waals surface area contributed by atoms with Gasteiger partial charge in [0.2, 0.25) is 0 Å². The molecule has 0 heterocycles. The molecule has 0 unspecified atom stereocenters. The highest BCUT2D eigenvalue weighted by Gasteiger charge is 2.24. The van der Waals surface area contributed by atoms with Crippen LogP contribution in [0.25, 0.3) is 0 Å². The fourth-order valence-corrected chi connectivity index (χ4v) is 3.17. The lowest BCUT2D eigenvalue weighted by Gasteiger charge is -2.26. The van der Waals surface area contributed by atoms with E-state index in [0.717, 1.165) is 4.86 Å². The van der Waals surface area contributed by atoms with Crippen molar-refractivity contribution in [3.8, 4) is 0 Å². The summed E-state index contributed by atoms with van der Waals surface area (Å²) in [4.78, 5) is 0.955. The summed E-state index contributed by atoms with van der Waals surface area (Å²) in [5.41, 5.74) is 5.14. The van der Waals surface area contributed by atoms with E-state index in [1.807, 2.05) is 0 Å². The third-order valence-electron chi connectivity index (χ3n) is 3.96. The molecule has 0 amide bonds. The highest BCUT2D eigenvalue weighted by Crippen LogP contribution is 2.31. The van der Waals surface area contributed by atoms with E-state index in [-0.39, 0.29) is 10.8 Å². The third-order valence-corrected chi connectivity index (χ3v) is 4.40. The molecule has 116 valence electrons. The van der Waals surface area contributed by atoms with Crippen LogP contribution in [0.2, 0.25) is 0 Å². The Hall–Kier alpha value is -1.47. The molecular weight excluding hydrogens is 284 g/mol. The van der Waals surface area contributed by atoms with Gasteiger partial charge in [-0.25, -0.2) is 0 Å². The fourth-order valence-electron chi connectivity index (χ4n) is 2.82. The standard InChI is InChI=1S/C21H26S/c1-20(2,3)17-13-9-7-11-15(17)19(22)16-12-8-10-14-18(16)21(4,5)6/h7-14H,1-6H3. The lowest BCUT2D eigenvalue weighted by atomic mass is 9.79. The highest BCUT2D eigenvalue weighted by molar-refractivity contribution is 7.81. The predicted octanol–water partition coefficient (Wildman–Crippen LogP) is 6.05. The van der Waals surface area contributed by atoms with Crippen LogP contribution < -0.4 is 0 Å². The van der Waals surface area contributed by atoms with Gasteiger partial charge in [0, 0.05) is 0 Å². The van der Waals surface area contributed by atoms with Crippen molar-refractivity contribution in [2.45, 2.75) is 52.4 Å². The lowest BCUT2D eigenvalue weighted by molar-refractivity contribution is 0.587. The molecule has 2 aromatic carbocycles. The molecule has 0 nitrogen and oxygen atoms in total. The first-order chi connectivity index (χ1) is 10.1. The summed E-state index contributed by atoms with van der Waals surface area (Å²) in [5, 5.41) is 0. The van der Waals surface area contributed by atoms with E-state index in [0.29, 0.717) is 0 Å². The smallest absolute Gasteiger partial charge is 0.0527 e. The van der Waals surface area contributed by atoms with Gasteiger partial charge in [0.1, 0.15) is 0 Å². The molecule has 0 saturated heterocycles. The van der Waals surface area contributed by atoms with Crippen molar-refractivity contribution in [2.75, 3.05) is 0 Å².